The molecule has 0 aliphatic heterocycles. The maximum absolute atomic E-state index is 8.60. The van der Waals surface area contributed by atoms with E-state index in [-0.39, 0.29) is 0 Å². The molecular formula is C3H7O3Re-. The molecule has 0 fully saturated rings. The average molecular weight is 277 g/mol. The van der Waals surface area contributed by atoms with E-state index in [1.54, 1.807) is 0 Å². The van der Waals surface area contributed by atoms with E-state index in [4.69, 9.17) is 10.4 Å². The Bertz CT molecular complexity index is 90.4. The monoisotopic (exact) mass is 278 g/mol. The van der Waals surface area contributed by atoms with Gasteiger partial charge in [-0.25, -0.2) is 0 Å². The molecule has 0 saturated carbocycles. The van der Waals surface area contributed by atoms with Crippen LogP contribution in [0.25, 0.3) is 0 Å². The van der Waals surface area contributed by atoms with E-state index in [1.165, 1.54) is 0 Å². The van der Waals surface area contributed by atoms with Gasteiger partial charge in [-0.1, -0.05) is 6.92 Å². The van der Waals surface area contributed by atoms with Crippen molar-refractivity contribution in [2.24, 2.45) is 0 Å². The second-order valence-electron chi connectivity index (χ2n) is 0.689. The molecule has 4 heteroatoms. The summed E-state index contributed by atoms with van der Waals surface area (Å²) in [6.45, 7) is 5.50. The molecule has 0 aromatic heterocycles. The Kier molecular flexibility index (Phi) is 13.6. The van der Waals surface area contributed by atoms with Gasteiger partial charge in [0.25, 0.3) is 0 Å². The molecule has 0 spiro atoms. The minimum atomic E-state index is -4.21. The van der Waals surface area contributed by atoms with Crippen molar-refractivity contribution < 1.29 is 27.0 Å². The molecule has 0 amide bonds. The van der Waals surface area contributed by atoms with Gasteiger partial charge in [-0.15, -0.1) is 0 Å². The van der Waals surface area contributed by atoms with Crippen LogP contribution >= 0.6 is 0 Å². The van der Waals surface area contributed by atoms with Crippen LogP contribution in [0.2, 0.25) is 0 Å². The Balaban J connectivity index is 0. The summed E-state index contributed by atoms with van der Waals surface area (Å²) in [5.41, 5.74) is 0. The molecule has 0 N–H and O–H groups in total. The zero-order valence-electron chi connectivity index (χ0n) is 4.02. The van der Waals surface area contributed by atoms with E-state index in [2.05, 4.69) is 6.92 Å². The van der Waals surface area contributed by atoms with Crippen LogP contribution in [-0.2, 0) is 27.0 Å². The molecule has 0 heterocycles. The molecule has 0 radical (unpaired) electrons. The van der Waals surface area contributed by atoms with Crippen LogP contribution in [0, 0.1) is 6.92 Å². The SMILES string of the molecule is [CH2-]CC.[O]=[Re](=[O])=[O]. The predicted octanol–water partition coefficient (Wildman–Crippen LogP) is 0.872. The van der Waals surface area contributed by atoms with Crippen molar-refractivity contribution >= 4 is 0 Å². The summed E-state index contributed by atoms with van der Waals surface area (Å²) >= 11 is -4.21. The van der Waals surface area contributed by atoms with Crippen molar-refractivity contribution in [2.75, 3.05) is 0 Å². The average Bonchev–Trinajstić information content (AvgIpc) is 1.33. The first-order valence-electron chi connectivity index (χ1n) is 1.67. The topological polar surface area (TPSA) is 51.2 Å². The first-order valence-corrected chi connectivity index (χ1v) is 5.00. The van der Waals surface area contributed by atoms with Crippen LogP contribution < -0.4 is 0 Å². The minimum absolute atomic E-state index is 1.00. The van der Waals surface area contributed by atoms with Gasteiger partial charge in [0.2, 0.25) is 0 Å². The van der Waals surface area contributed by atoms with E-state index in [1.807, 2.05) is 6.92 Å². The van der Waals surface area contributed by atoms with E-state index in [9.17, 15) is 0 Å². The third-order valence-electron chi connectivity index (χ3n) is 0. The predicted molar refractivity (Wildman–Crippen MR) is 17.7 cm³/mol. The molecule has 3 nitrogen and oxygen atoms in total. The van der Waals surface area contributed by atoms with Crippen molar-refractivity contribution in [1.82, 2.24) is 0 Å². The fourth-order valence-electron chi connectivity index (χ4n) is 0. The summed E-state index contributed by atoms with van der Waals surface area (Å²) in [6, 6.07) is 0. The van der Waals surface area contributed by atoms with Crippen molar-refractivity contribution in [3.63, 3.8) is 0 Å². The maximum atomic E-state index is 8.60. The van der Waals surface area contributed by atoms with Gasteiger partial charge in [-0.05, 0) is 0 Å². The molecule has 7 heavy (non-hydrogen) atoms. The quantitative estimate of drug-likeness (QED) is 0.617. The van der Waals surface area contributed by atoms with Crippen molar-refractivity contribution in [3.8, 4) is 0 Å². The van der Waals surface area contributed by atoms with Crippen molar-refractivity contribution in [2.45, 2.75) is 13.3 Å². The van der Waals surface area contributed by atoms with Crippen LogP contribution in [0.4, 0.5) is 0 Å². The van der Waals surface area contributed by atoms with Gasteiger partial charge in [-0.2, -0.15) is 6.42 Å². The van der Waals surface area contributed by atoms with E-state index < -0.39 is 16.6 Å². The van der Waals surface area contributed by atoms with Crippen LogP contribution in [0.1, 0.15) is 13.3 Å². The standard InChI is InChI=1S/C3H7.3O.Re/c1-3-2;;;;/h1,3H2,2H3;;;;/q-1;;;;. The molecular weight excluding hydrogens is 270 g/mol. The Morgan fingerprint density at radius 1 is 1.43 bits per heavy atom. The summed E-state index contributed by atoms with van der Waals surface area (Å²) in [6.07, 6.45) is 1.00. The van der Waals surface area contributed by atoms with Crippen LogP contribution in [0.15, 0.2) is 0 Å². The third kappa shape index (κ3) is 25700. The second-order valence-corrected chi connectivity index (χ2v) is 2.05. The molecule has 0 rings (SSSR count). The number of hydrogen-bond donors (Lipinski definition) is 0. The Morgan fingerprint density at radius 3 is 1.43 bits per heavy atom. The molecule has 0 aromatic carbocycles. The van der Waals surface area contributed by atoms with Gasteiger partial charge >= 0.3 is 27.0 Å². The van der Waals surface area contributed by atoms with E-state index in [0.717, 1.165) is 6.42 Å². The zero-order chi connectivity index (χ0) is 6.28. The van der Waals surface area contributed by atoms with E-state index in [0.29, 0.717) is 0 Å². The van der Waals surface area contributed by atoms with Crippen LogP contribution in [0.5, 0.6) is 0 Å². The van der Waals surface area contributed by atoms with E-state index >= 15 is 0 Å². The van der Waals surface area contributed by atoms with Gasteiger partial charge in [0.05, 0.1) is 0 Å². The van der Waals surface area contributed by atoms with Crippen molar-refractivity contribution in [1.29, 1.82) is 0 Å². The van der Waals surface area contributed by atoms with Gasteiger partial charge in [0.1, 0.15) is 0 Å². The van der Waals surface area contributed by atoms with Gasteiger partial charge in [-0.3, -0.25) is 0 Å². The summed E-state index contributed by atoms with van der Waals surface area (Å²) < 4.78 is 25.8. The summed E-state index contributed by atoms with van der Waals surface area (Å²) in [4.78, 5) is 0. The Hall–Kier alpha value is 0.0623. The molecule has 0 bridgehead atoms. The molecule has 0 atom stereocenters. The number of hydrogen-bond acceptors (Lipinski definition) is 3. The van der Waals surface area contributed by atoms with Crippen molar-refractivity contribution in [3.05, 3.63) is 6.92 Å². The normalized spacial score (nSPS) is 6.00. The molecule has 45 valence electrons. The van der Waals surface area contributed by atoms with Crippen LogP contribution in [0.3, 0.4) is 0 Å². The summed E-state index contributed by atoms with van der Waals surface area (Å²) in [7, 11) is 0. The first-order chi connectivity index (χ1) is 3.15. The van der Waals surface area contributed by atoms with Crippen LogP contribution in [-0.4, -0.2) is 0 Å². The zero-order valence-corrected chi connectivity index (χ0v) is 6.73. The number of rotatable bonds is 0. The summed E-state index contributed by atoms with van der Waals surface area (Å²) in [5, 5.41) is 0. The Labute approximate surface area is 47.9 Å². The Morgan fingerprint density at radius 2 is 1.43 bits per heavy atom. The fraction of sp³-hybridized carbons (Fsp3) is 0.667. The van der Waals surface area contributed by atoms with Gasteiger partial charge in [0.15, 0.2) is 0 Å². The van der Waals surface area contributed by atoms with Gasteiger partial charge < -0.3 is 6.92 Å². The molecule has 0 aliphatic carbocycles. The van der Waals surface area contributed by atoms with Gasteiger partial charge in [0, 0.05) is 0 Å². The fourth-order valence-corrected chi connectivity index (χ4v) is 0. The molecule has 0 unspecified atom stereocenters. The molecule has 0 aromatic rings. The third-order valence-corrected chi connectivity index (χ3v) is 0. The first kappa shape index (κ1) is 10.1. The summed E-state index contributed by atoms with van der Waals surface area (Å²) in [5.74, 6) is 0. The second kappa shape index (κ2) is 9.41. The molecule has 0 saturated heterocycles. The molecule has 0 aliphatic rings.